The van der Waals surface area contributed by atoms with Crippen molar-refractivity contribution >= 4 is 23.5 Å². The van der Waals surface area contributed by atoms with Crippen LogP contribution in [0.3, 0.4) is 0 Å². The van der Waals surface area contributed by atoms with E-state index in [1.54, 1.807) is 24.0 Å². The summed E-state index contributed by atoms with van der Waals surface area (Å²) in [6, 6.07) is 1.79. The highest BCUT2D eigenvalue weighted by Gasteiger charge is 2.30. The Morgan fingerprint density at radius 3 is 2.80 bits per heavy atom. The van der Waals surface area contributed by atoms with E-state index < -0.39 is 5.41 Å². The molecule has 1 saturated heterocycles. The monoisotopic (exact) mass is 294 g/mol. The number of ketones is 1. The zero-order valence-electron chi connectivity index (χ0n) is 12.1. The summed E-state index contributed by atoms with van der Waals surface area (Å²) in [6.45, 7) is 7.72. The Balaban J connectivity index is 2.18. The molecule has 1 aromatic heterocycles. The third-order valence-electron chi connectivity index (χ3n) is 2.90. The molecular formula is C14H18N2O3S. The van der Waals surface area contributed by atoms with Crippen LogP contribution in [-0.2, 0) is 16.1 Å². The molecule has 0 spiro atoms. The van der Waals surface area contributed by atoms with Crippen molar-refractivity contribution in [3.05, 3.63) is 28.6 Å². The minimum atomic E-state index is -0.449. The van der Waals surface area contributed by atoms with E-state index in [-0.39, 0.29) is 11.7 Å². The van der Waals surface area contributed by atoms with Gasteiger partial charge in [0.1, 0.15) is 11.5 Å². The van der Waals surface area contributed by atoms with Gasteiger partial charge in [0.05, 0.1) is 17.3 Å². The van der Waals surface area contributed by atoms with Crippen molar-refractivity contribution in [3.63, 3.8) is 0 Å². The number of nitrogens with zero attached hydrogens (tertiary/aromatic N) is 2. The van der Waals surface area contributed by atoms with Crippen LogP contribution in [0.15, 0.2) is 21.7 Å². The van der Waals surface area contributed by atoms with Crippen molar-refractivity contribution in [2.45, 2.75) is 34.2 Å². The Hall–Kier alpha value is -1.56. The van der Waals surface area contributed by atoms with Crippen molar-refractivity contribution in [3.8, 4) is 0 Å². The van der Waals surface area contributed by atoms with E-state index >= 15 is 0 Å². The summed E-state index contributed by atoms with van der Waals surface area (Å²) in [5.74, 6) is 1.07. The van der Waals surface area contributed by atoms with Crippen LogP contribution in [0.25, 0.3) is 0 Å². The van der Waals surface area contributed by atoms with Crippen molar-refractivity contribution in [2.24, 2.45) is 5.41 Å². The maximum atomic E-state index is 12.1. The number of thioether (sulfide) groups is 1. The molecule has 6 heteroatoms. The SMILES string of the molecule is Cc1cc(CN2C(=O)CS/C2=C\C(=O)C(C)(C)C)no1. The van der Waals surface area contributed by atoms with Crippen molar-refractivity contribution in [2.75, 3.05) is 5.75 Å². The molecule has 0 aromatic carbocycles. The number of hydrogen-bond donors (Lipinski definition) is 0. The molecule has 2 heterocycles. The third-order valence-corrected chi connectivity index (χ3v) is 3.93. The molecule has 1 aliphatic heterocycles. The average molecular weight is 294 g/mol. The Labute approximate surface area is 122 Å². The summed E-state index contributed by atoms with van der Waals surface area (Å²) >= 11 is 1.39. The summed E-state index contributed by atoms with van der Waals surface area (Å²) in [6.07, 6.45) is 1.56. The maximum absolute atomic E-state index is 12.1. The van der Waals surface area contributed by atoms with Gasteiger partial charge in [-0.25, -0.2) is 0 Å². The largest absolute Gasteiger partial charge is 0.361 e. The fraction of sp³-hybridized carbons (Fsp3) is 0.500. The number of amides is 1. The quantitative estimate of drug-likeness (QED) is 0.802. The van der Waals surface area contributed by atoms with Gasteiger partial charge in [0.2, 0.25) is 5.91 Å². The highest BCUT2D eigenvalue weighted by molar-refractivity contribution is 8.04. The molecule has 1 aromatic rings. The van der Waals surface area contributed by atoms with Gasteiger partial charge in [0, 0.05) is 17.6 Å². The molecule has 0 saturated carbocycles. The van der Waals surface area contributed by atoms with Gasteiger partial charge in [-0.15, -0.1) is 0 Å². The Morgan fingerprint density at radius 2 is 2.25 bits per heavy atom. The van der Waals surface area contributed by atoms with Crippen LogP contribution in [0.4, 0.5) is 0 Å². The lowest BCUT2D eigenvalue weighted by Crippen LogP contribution is -2.26. The van der Waals surface area contributed by atoms with E-state index in [1.807, 2.05) is 20.8 Å². The standard InChI is InChI=1S/C14H18N2O3S/c1-9-5-10(15-19-9)7-16-12(18)8-20-13(16)6-11(17)14(2,3)4/h5-6H,7-8H2,1-4H3/b13-6-. The zero-order valence-corrected chi connectivity index (χ0v) is 12.9. The van der Waals surface area contributed by atoms with Gasteiger partial charge in [-0.05, 0) is 6.92 Å². The second-order valence-corrected chi connectivity index (χ2v) is 6.79. The van der Waals surface area contributed by atoms with E-state index in [9.17, 15) is 9.59 Å². The van der Waals surface area contributed by atoms with Crippen molar-refractivity contribution in [1.29, 1.82) is 0 Å². The summed E-state index contributed by atoms with van der Waals surface area (Å²) in [4.78, 5) is 25.6. The molecule has 0 bridgehead atoms. The maximum Gasteiger partial charge on any atom is 0.238 e. The lowest BCUT2D eigenvalue weighted by Gasteiger charge is -2.18. The summed E-state index contributed by atoms with van der Waals surface area (Å²) in [7, 11) is 0. The number of carbonyl (C=O) groups is 2. The van der Waals surface area contributed by atoms with E-state index in [2.05, 4.69) is 5.16 Å². The van der Waals surface area contributed by atoms with E-state index in [0.29, 0.717) is 28.8 Å². The van der Waals surface area contributed by atoms with Crippen LogP contribution in [-0.4, -0.2) is 27.5 Å². The van der Waals surface area contributed by atoms with Crippen LogP contribution >= 0.6 is 11.8 Å². The highest BCUT2D eigenvalue weighted by atomic mass is 32.2. The topological polar surface area (TPSA) is 63.4 Å². The van der Waals surface area contributed by atoms with Gasteiger partial charge >= 0.3 is 0 Å². The predicted octanol–water partition coefficient (Wildman–Crippen LogP) is 2.52. The fourth-order valence-corrected chi connectivity index (χ4v) is 2.62. The van der Waals surface area contributed by atoms with Gasteiger partial charge in [0.25, 0.3) is 0 Å². The van der Waals surface area contributed by atoms with Crippen LogP contribution in [0.1, 0.15) is 32.2 Å². The van der Waals surface area contributed by atoms with Gasteiger partial charge in [-0.3, -0.25) is 14.5 Å². The van der Waals surface area contributed by atoms with Crippen molar-refractivity contribution in [1.82, 2.24) is 10.1 Å². The Bertz CT molecular complexity index is 569. The first kappa shape index (κ1) is 14.8. The molecule has 1 aliphatic rings. The van der Waals surface area contributed by atoms with Crippen LogP contribution in [0, 0.1) is 12.3 Å². The number of rotatable bonds is 3. The predicted molar refractivity (Wildman–Crippen MR) is 76.8 cm³/mol. The molecule has 0 N–H and O–H groups in total. The van der Waals surface area contributed by atoms with Gasteiger partial charge < -0.3 is 4.52 Å². The highest BCUT2D eigenvalue weighted by Crippen LogP contribution is 2.31. The molecule has 2 rings (SSSR count). The zero-order chi connectivity index (χ0) is 14.9. The fourth-order valence-electron chi connectivity index (χ4n) is 1.68. The van der Waals surface area contributed by atoms with Crippen LogP contribution in [0.2, 0.25) is 0 Å². The average Bonchev–Trinajstić information content (AvgIpc) is 2.88. The summed E-state index contributed by atoms with van der Waals surface area (Å²) in [5.41, 5.74) is 0.238. The van der Waals surface area contributed by atoms with E-state index in [0.717, 1.165) is 0 Å². The second-order valence-electron chi connectivity index (χ2n) is 5.79. The lowest BCUT2D eigenvalue weighted by atomic mass is 9.91. The Kier molecular flexibility index (Phi) is 4.04. The molecule has 0 atom stereocenters. The van der Waals surface area contributed by atoms with Crippen LogP contribution < -0.4 is 0 Å². The number of aromatic nitrogens is 1. The van der Waals surface area contributed by atoms with Crippen molar-refractivity contribution < 1.29 is 14.1 Å². The number of carbonyl (C=O) groups excluding carboxylic acids is 2. The third kappa shape index (κ3) is 3.30. The molecule has 1 fully saturated rings. The molecule has 5 nitrogen and oxygen atoms in total. The second kappa shape index (κ2) is 5.44. The summed E-state index contributed by atoms with van der Waals surface area (Å²) < 4.78 is 5.00. The molecule has 0 radical (unpaired) electrons. The van der Waals surface area contributed by atoms with Gasteiger partial charge in [0.15, 0.2) is 5.78 Å². The smallest absolute Gasteiger partial charge is 0.238 e. The molecule has 1 amide bonds. The van der Waals surface area contributed by atoms with Crippen LogP contribution in [0.5, 0.6) is 0 Å². The van der Waals surface area contributed by atoms with E-state index in [1.165, 1.54) is 11.8 Å². The number of aryl methyl sites for hydroxylation is 1. The van der Waals surface area contributed by atoms with Gasteiger partial charge in [-0.1, -0.05) is 37.7 Å². The van der Waals surface area contributed by atoms with Gasteiger partial charge in [-0.2, -0.15) is 0 Å². The first-order chi connectivity index (χ1) is 9.27. The minimum absolute atomic E-state index is 0.0102. The molecule has 0 unspecified atom stereocenters. The molecular weight excluding hydrogens is 276 g/mol. The first-order valence-electron chi connectivity index (χ1n) is 6.39. The molecule has 0 aliphatic carbocycles. The lowest BCUT2D eigenvalue weighted by molar-refractivity contribution is -0.125. The first-order valence-corrected chi connectivity index (χ1v) is 7.37. The normalized spacial score (nSPS) is 18.1. The number of allylic oxidation sites excluding steroid dienone is 1. The molecule has 20 heavy (non-hydrogen) atoms. The van der Waals surface area contributed by atoms with E-state index in [4.69, 9.17) is 4.52 Å². The minimum Gasteiger partial charge on any atom is -0.361 e. The molecule has 108 valence electrons. The Morgan fingerprint density at radius 1 is 1.55 bits per heavy atom. The summed E-state index contributed by atoms with van der Waals surface area (Å²) in [5, 5.41) is 4.58. The number of hydrogen-bond acceptors (Lipinski definition) is 5.